The maximum atomic E-state index is 13.8. The predicted octanol–water partition coefficient (Wildman–Crippen LogP) is 6.11. The summed E-state index contributed by atoms with van der Waals surface area (Å²) in [6, 6.07) is 22.1. The van der Waals surface area contributed by atoms with Crippen LogP contribution in [0.15, 0.2) is 84.9 Å². The number of alkyl halides is 3. The van der Waals surface area contributed by atoms with Gasteiger partial charge in [0.05, 0.1) is 22.6 Å². The third kappa shape index (κ3) is 2.97. The number of anilines is 1. The average molecular weight is 391 g/mol. The molecule has 0 fully saturated rings. The first-order valence-electron chi connectivity index (χ1n) is 9.20. The van der Waals surface area contributed by atoms with Gasteiger partial charge in [0.15, 0.2) is 0 Å². The summed E-state index contributed by atoms with van der Waals surface area (Å²) in [6.45, 7) is 0. The number of para-hydroxylation sites is 2. The van der Waals surface area contributed by atoms with Crippen LogP contribution in [0.5, 0.6) is 0 Å². The zero-order chi connectivity index (χ0) is 20.0. The molecule has 1 atom stereocenters. The molecule has 0 spiro atoms. The number of fused-ring (bicyclic) bond motifs is 3. The van der Waals surface area contributed by atoms with Crippen molar-refractivity contribution >= 4 is 22.7 Å². The third-order valence-corrected chi connectivity index (χ3v) is 5.11. The van der Waals surface area contributed by atoms with Crippen molar-refractivity contribution in [2.45, 2.75) is 12.2 Å². The number of nitrogens with zero attached hydrogens (tertiary/aromatic N) is 2. The Balaban J connectivity index is 1.78. The molecule has 0 saturated heterocycles. The molecule has 2 heterocycles. The van der Waals surface area contributed by atoms with E-state index in [4.69, 9.17) is 0 Å². The Morgan fingerprint density at radius 1 is 0.828 bits per heavy atom. The maximum absolute atomic E-state index is 13.8. The van der Waals surface area contributed by atoms with Gasteiger partial charge in [0.1, 0.15) is 0 Å². The van der Waals surface area contributed by atoms with Crippen molar-refractivity contribution in [2.75, 3.05) is 5.32 Å². The molecule has 0 amide bonds. The molecule has 3 aromatic carbocycles. The van der Waals surface area contributed by atoms with E-state index < -0.39 is 17.8 Å². The lowest BCUT2D eigenvalue weighted by Gasteiger charge is -2.28. The number of benzene rings is 3. The second kappa shape index (κ2) is 6.51. The van der Waals surface area contributed by atoms with Crippen LogP contribution in [-0.2, 0) is 6.18 Å². The van der Waals surface area contributed by atoms with Gasteiger partial charge in [-0.1, -0.05) is 60.7 Å². The van der Waals surface area contributed by atoms with Crippen molar-refractivity contribution in [3.8, 4) is 0 Å². The molecule has 0 radical (unpaired) electrons. The first kappa shape index (κ1) is 17.6. The fraction of sp³-hybridized carbons (Fsp3) is 0.0870. The second-order valence-corrected chi connectivity index (χ2v) is 6.90. The van der Waals surface area contributed by atoms with Crippen molar-refractivity contribution in [1.29, 1.82) is 0 Å². The van der Waals surface area contributed by atoms with Gasteiger partial charge in [-0.2, -0.15) is 13.2 Å². The highest BCUT2D eigenvalue weighted by Gasteiger charge is 2.36. The molecule has 0 unspecified atom stereocenters. The summed E-state index contributed by atoms with van der Waals surface area (Å²) in [5.74, 6) is 0.523. The summed E-state index contributed by atoms with van der Waals surface area (Å²) in [7, 11) is 0. The van der Waals surface area contributed by atoms with Crippen LogP contribution in [0, 0.1) is 0 Å². The molecule has 4 aromatic rings. The minimum Gasteiger partial charge on any atom is -0.325 e. The number of hydrogen-bond donors (Lipinski definition) is 1. The van der Waals surface area contributed by atoms with Crippen molar-refractivity contribution < 1.29 is 13.2 Å². The lowest BCUT2D eigenvalue weighted by atomic mass is 9.96. The highest BCUT2D eigenvalue weighted by Crippen LogP contribution is 2.41. The second-order valence-electron chi connectivity index (χ2n) is 6.90. The molecule has 1 aromatic heterocycles. The summed E-state index contributed by atoms with van der Waals surface area (Å²) < 4.78 is 43.2. The Labute approximate surface area is 165 Å². The molecule has 29 heavy (non-hydrogen) atoms. The lowest BCUT2D eigenvalue weighted by Crippen LogP contribution is -2.22. The van der Waals surface area contributed by atoms with E-state index in [1.165, 1.54) is 12.1 Å². The summed E-state index contributed by atoms with van der Waals surface area (Å²) >= 11 is 0. The van der Waals surface area contributed by atoms with E-state index in [1.54, 1.807) is 6.07 Å². The molecule has 0 aliphatic carbocycles. The number of nitrogens with one attached hydrogen (secondary N) is 1. The van der Waals surface area contributed by atoms with E-state index in [-0.39, 0.29) is 5.56 Å². The van der Waals surface area contributed by atoms with Crippen LogP contribution in [0.2, 0.25) is 0 Å². The quantitative estimate of drug-likeness (QED) is 0.447. The number of rotatable bonds is 2. The van der Waals surface area contributed by atoms with Gasteiger partial charge in [-0.15, -0.1) is 0 Å². The fourth-order valence-electron chi connectivity index (χ4n) is 3.84. The van der Waals surface area contributed by atoms with E-state index in [1.807, 2.05) is 65.2 Å². The number of allylic oxidation sites excluding steroid dienone is 1. The first-order valence-corrected chi connectivity index (χ1v) is 9.20. The maximum Gasteiger partial charge on any atom is 0.416 e. The van der Waals surface area contributed by atoms with Crippen LogP contribution in [0.4, 0.5) is 19.1 Å². The van der Waals surface area contributed by atoms with Crippen molar-refractivity contribution in [3.63, 3.8) is 0 Å². The van der Waals surface area contributed by atoms with Gasteiger partial charge in [0.25, 0.3) is 0 Å². The molecular weight excluding hydrogens is 375 g/mol. The smallest absolute Gasteiger partial charge is 0.325 e. The summed E-state index contributed by atoms with van der Waals surface area (Å²) in [4.78, 5) is 4.63. The third-order valence-electron chi connectivity index (χ3n) is 5.11. The summed E-state index contributed by atoms with van der Waals surface area (Å²) in [5, 5.41) is 3.29. The minimum absolute atomic E-state index is 0.194. The summed E-state index contributed by atoms with van der Waals surface area (Å²) in [5.41, 5.74) is 2.68. The SMILES string of the molecule is FC(F)(F)c1ccccc1[C@@H]1C=C(c2ccccc2)Nc2nc3ccccc3n21. The fourth-order valence-corrected chi connectivity index (χ4v) is 3.84. The van der Waals surface area contributed by atoms with Crippen LogP contribution in [0.25, 0.3) is 16.7 Å². The standard InChI is InChI=1S/C23H16F3N3/c24-23(25,26)17-11-5-4-10-16(17)21-14-19(15-8-2-1-3-9-15)28-22-27-18-12-6-7-13-20(18)29(21)22/h1-14,21H,(H,27,28)/t21-/m0/s1. The van der Waals surface area contributed by atoms with E-state index in [2.05, 4.69) is 10.3 Å². The van der Waals surface area contributed by atoms with Crippen molar-refractivity contribution in [2.24, 2.45) is 0 Å². The molecule has 144 valence electrons. The molecule has 3 nitrogen and oxygen atoms in total. The van der Waals surface area contributed by atoms with Crippen molar-refractivity contribution in [1.82, 2.24) is 9.55 Å². The topological polar surface area (TPSA) is 29.9 Å². The number of hydrogen-bond acceptors (Lipinski definition) is 2. The van der Waals surface area contributed by atoms with Gasteiger partial charge in [-0.05, 0) is 35.4 Å². The highest BCUT2D eigenvalue weighted by atomic mass is 19.4. The van der Waals surface area contributed by atoms with Crippen LogP contribution < -0.4 is 5.32 Å². The van der Waals surface area contributed by atoms with Gasteiger partial charge in [-0.3, -0.25) is 4.57 Å². The minimum atomic E-state index is -4.45. The molecular formula is C23H16F3N3. The molecule has 1 aliphatic heterocycles. The number of aromatic nitrogens is 2. The van der Waals surface area contributed by atoms with Crippen LogP contribution in [0.1, 0.15) is 22.7 Å². The van der Waals surface area contributed by atoms with Crippen LogP contribution >= 0.6 is 0 Å². The lowest BCUT2D eigenvalue weighted by molar-refractivity contribution is -0.138. The molecule has 0 bridgehead atoms. The van der Waals surface area contributed by atoms with E-state index in [0.29, 0.717) is 5.95 Å². The average Bonchev–Trinajstić information content (AvgIpc) is 3.12. The van der Waals surface area contributed by atoms with Gasteiger partial charge in [0, 0.05) is 5.70 Å². The Morgan fingerprint density at radius 3 is 2.31 bits per heavy atom. The summed E-state index contributed by atoms with van der Waals surface area (Å²) in [6.07, 6.45) is -2.61. The van der Waals surface area contributed by atoms with Gasteiger partial charge >= 0.3 is 6.18 Å². The Kier molecular flexibility index (Phi) is 3.94. The molecule has 1 aliphatic rings. The zero-order valence-electron chi connectivity index (χ0n) is 15.2. The predicted molar refractivity (Wildman–Crippen MR) is 107 cm³/mol. The zero-order valence-corrected chi connectivity index (χ0v) is 15.2. The molecule has 5 rings (SSSR count). The van der Waals surface area contributed by atoms with Gasteiger partial charge < -0.3 is 5.32 Å². The van der Waals surface area contributed by atoms with Gasteiger partial charge in [-0.25, -0.2) is 4.98 Å². The normalized spacial score (nSPS) is 16.2. The molecule has 1 N–H and O–H groups in total. The number of imidazole rings is 1. The molecule has 0 saturated carbocycles. The largest absolute Gasteiger partial charge is 0.416 e. The van der Waals surface area contributed by atoms with Crippen LogP contribution in [0.3, 0.4) is 0 Å². The van der Waals surface area contributed by atoms with E-state index in [0.717, 1.165) is 28.4 Å². The Morgan fingerprint density at radius 2 is 1.52 bits per heavy atom. The van der Waals surface area contributed by atoms with E-state index >= 15 is 0 Å². The van der Waals surface area contributed by atoms with Gasteiger partial charge in [0.2, 0.25) is 5.95 Å². The molecule has 6 heteroatoms. The monoisotopic (exact) mass is 391 g/mol. The van der Waals surface area contributed by atoms with E-state index in [9.17, 15) is 13.2 Å². The first-order chi connectivity index (χ1) is 14.0. The Bertz CT molecular complexity index is 1220. The Hall–Kier alpha value is -3.54. The highest BCUT2D eigenvalue weighted by molar-refractivity contribution is 5.85. The van der Waals surface area contributed by atoms with Crippen LogP contribution in [-0.4, -0.2) is 9.55 Å². The number of halogens is 3. The van der Waals surface area contributed by atoms with Crippen molar-refractivity contribution in [3.05, 3.63) is 102 Å².